The molecule has 4 nitrogen and oxygen atoms in total. The minimum absolute atomic E-state index is 0.290. The number of aliphatic carboxylic acids is 1. The van der Waals surface area contributed by atoms with Gasteiger partial charge in [0.25, 0.3) is 0 Å². The van der Waals surface area contributed by atoms with Crippen LogP contribution in [0.3, 0.4) is 0 Å². The number of amides is 1. The lowest BCUT2D eigenvalue weighted by Gasteiger charge is -2.24. The van der Waals surface area contributed by atoms with Crippen LogP contribution in [0.1, 0.15) is 25.3 Å². The molecule has 1 aliphatic carbocycles. The van der Waals surface area contributed by atoms with Crippen molar-refractivity contribution in [3.63, 3.8) is 0 Å². The number of hydrogen-bond donors (Lipinski definition) is 1. The molecule has 0 bridgehead atoms. The predicted octanol–water partition coefficient (Wildman–Crippen LogP) is 2.21. The molecule has 1 aliphatic rings. The number of aryl methyl sites for hydroxylation is 1. The highest BCUT2D eigenvalue weighted by Gasteiger charge is 2.58. The van der Waals surface area contributed by atoms with Gasteiger partial charge in [-0.25, -0.2) is 0 Å². The Kier molecular flexibility index (Phi) is 3.11. The van der Waals surface area contributed by atoms with E-state index < -0.39 is 11.4 Å². The standard InChI is InChI=1S/C14H17NO3/c1-3-15(11-6-4-10(2)5-7-11)12(16)14(8-9-14)13(17)18/h4-7H,3,8-9H2,1-2H3,(H,17,18). The summed E-state index contributed by atoms with van der Waals surface area (Å²) in [6.45, 7) is 4.31. The molecular formula is C14H17NO3. The van der Waals surface area contributed by atoms with Crippen LogP contribution in [0, 0.1) is 12.3 Å². The molecule has 0 aliphatic heterocycles. The van der Waals surface area contributed by atoms with Crippen molar-refractivity contribution in [1.29, 1.82) is 0 Å². The van der Waals surface area contributed by atoms with E-state index >= 15 is 0 Å². The Hall–Kier alpha value is -1.84. The molecule has 0 unspecified atom stereocenters. The first-order chi connectivity index (χ1) is 8.51. The van der Waals surface area contributed by atoms with Gasteiger partial charge in [0.1, 0.15) is 5.41 Å². The third-order valence-electron chi connectivity index (χ3n) is 3.48. The average Bonchev–Trinajstić information content (AvgIpc) is 3.13. The van der Waals surface area contributed by atoms with E-state index in [9.17, 15) is 9.59 Å². The second kappa shape index (κ2) is 4.44. The minimum atomic E-state index is -1.17. The Morgan fingerprint density at radius 3 is 2.22 bits per heavy atom. The first kappa shape index (κ1) is 12.6. The van der Waals surface area contributed by atoms with Crippen LogP contribution in [0.4, 0.5) is 5.69 Å². The molecule has 0 spiro atoms. The lowest BCUT2D eigenvalue weighted by molar-refractivity contribution is -0.148. The molecule has 0 heterocycles. The quantitative estimate of drug-likeness (QED) is 0.830. The van der Waals surface area contributed by atoms with E-state index in [-0.39, 0.29) is 5.91 Å². The minimum Gasteiger partial charge on any atom is -0.480 e. The molecule has 1 saturated carbocycles. The second-order valence-electron chi connectivity index (χ2n) is 4.77. The van der Waals surface area contributed by atoms with E-state index in [0.717, 1.165) is 11.3 Å². The largest absolute Gasteiger partial charge is 0.480 e. The summed E-state index contributed by atoms with van der Waals surface area (Å²) < 4.78 is 0. The highest BCUT2D eigenvalue weighted by Crippen LogP contribution is 2.48. The Balaban J connectivity index is 2.27. The van der Waals surface area contributed by atoms with E-state index in [1.54, 1.807) is 4.90 Å². The maximum Gasteiger partial charge on any atom is 0.319 e. The van der Waals surface area contributed by atoms with Crippen LogP contribution in [0.15, 0.2) is 24.3 Å². The highest BCUT2D eigenvalue weighted by atomic mass is 16.4. The lowest BCUT2D eigenvalue weighted by Crippen LogP contribution is -2.41. The molecule has 4 heteroatoms. The summed E-state index contributed by atoms with van der Waals surface area (Å²) in [4.78, 5) is 25.1. The SMILES string of the molecule is CCN(C(=O)C1(C(=O)O)CC1)c1ccc(C)cc1. The summed E-state index contributed by atoms with van der Waals surface area (Å²) in [5.41, 5.74) is 0.711. The topological polar surface area (TPSA) is 57.6 Å². The van der Waals surface area contributed by atoms with Crippen molar-refractivity contribution in [2.75, 3.05) is 11.4 Å². The van der Waals surface area contributed by atoms with Crippen LogP contribution in [0.2, 0.25) is 0 Å². The van der Waals surface area contributed by atoms with Crippen molar-refractivity contribution in [3.05, 3.63) is 29.8 Å². The van der Waals surface area contributed by atoms with E-state index in [2.05, 4.69) is 0 Å². The van der Waals surface area contributed by atoms with Crippen LogP contribution in [0.25, 0.3) is 0 Å². The third kappa shape index (κ3) is 1.98. The number of carboxylic acids is 1. The summed E-state index contributed by atoms with van der Waals surface area (Å²) in [6.07, 6.45) is 0.896. The van der Waals surface area contributed by atoms with Crippen molar-refractivity contribution in [3.8, 4) is 0 Å². The summed E-state index contributed by atoms with van der Waals surface area (Å²) in [7, 11) is 0. The zero-order valence-corrected chi connectivity index (χ0v) is 10.6. The smallest absolute Gasteiger partial charge is 0.319 e. The average molecular weight is 247 g/mol. The van der Waals surface area contributed by atoms with Gasteiger partial charge in [-0.3, -0.25) is 9.59 Å². The monoisotopic (exact) mass is 247 g/mol. The van der Waals surface area contributed by atoms with Gasteiger partial charge in [-0.05, 0) is 38.8 Å². The van der Waals surface area contributed by atoms with Crippen LogP contribution in [-0.2, 0) is 9.59 Å². The fourth-order valence-corrected chi connectivity index (χ4v) is 2.07. The molecule has 0 atom stereocenters. The fraction of sp³-hybridized carbons (Fsp3) is 0.429. The van der Waals surface area contributed by atoms with Crippen LogP contribution >= 0.6 is 0 Å². The molecule has 0 radical (unpaired) electrons. The van der Waals surface area contributed by atoms with Gasteiger partial charge >= 0.3 is 5.97 Å². The molecule has 0 aromatic heterocycles. The summed E-state index contributed by atoms with van der Waals surface area (Å²) in [5, 5.41) is 9.16. The van der Waals surface area contributed by atoms with Crippen molar-refractivity contribution in [1.82, 2.24) is 0 Å². The van der Waals surface area contributed by atoms with E-state index in [4.69, 9.17) is 5.11 Å². The number of carbonyl (C=O) groups is 2. The molecule has 2 rings (SSSR count). The van der Waals surface area contributed by atoms with Crippen molar-refractivity contribution in [2.24, 2.45) is 5.41 Å². The van der Waals surface area contributed by atoms with Gasteiger partial charge in [0.15, 0.2) is 0 Å². The maximum atomic E-state index is 12.3. The third-order valence-corrected chi connectivity index (χ3v) is 3.48. The molecule has 1 aromatic carbocycles. The van der Waals surface area contributed by atoms with Gasteiger partial charge in [-0.1, -0.05) is 17.7 Å². The fourth-order valence-electron chi connectivity index (χ4n) is 2.07. The van der Waals surface area contributed by atoms with Crippen LogP contribution in [0.5, 0.6) is 0 Å². The van der Waals surface area contributed by atoms with Gasteiger partial charge < -0.3 is 10.0 Å². The number of carboxylic acid groups (broad SMARTS) is 1. The normalized spacial score (nSPS) is 16.1. The lowest BCUT2D eigenvalue weighted by atomic mass is 10.1. The summed E-state index contributed by atoms with van der Waals surface area (Å²) in [5.74, 6) is -1.29. The zero-order valence-electron chi connectivity index (χ0n) is 10.6. The summed E-state index contributed by atoms with van der Waals surface area (Å²) in [6, 6.07) is 7.56. The van der Waals surface area contributed by atoms with Gasteiger partial charge in [-0.2, -0.15) is 0 Å². The zero-order chi connectivity index (χ0) is 13.3. The highest BCUT2D eigenvalue weighted by molar-refractivity contribution is 6.11. The first-order valence-electron chi connectivity index (χ1n) is 6.13. The number of nitrogens with zero attached hydrogens (tertiary/aromatic N) is 1. The molecule has 96 valence electrons. The van der Waals surface area contributed by atoms with Crippen molar-refractivity contribution >= 4 is 17.6 Å². The van der Waals surface area contributed by atoms with Gasteiger partial charge in [0.2, 0.25) is 5.91 Å². The van der Waals surface area contributed by atoms with E-state index in [1.807, 2.05) is 38.1 Å². The number of anilines is 1. The van der Waals surface area contributed by atoms with Gasteiger partial charge in [-0.15, -0.1) is 0 Å². The Bertz CT molecular complexity index is 474. The van der Waals surface area contributed by atoms with Crippen LogP contribution < -0.4 is 4.90 Å². The molecule has 18 heavy (non-hydrogen) atoms. The molecule has 0 saturated heterocycles. The molecule has 1 amide bonds. The number of benzene rings is 1. The van der Waals surface area contributed by atoms with Gasteiger partial charge in [0.05, 0.1) is 0 Å². The Labute approximate surface area is 106 Å². The van der Waals surface area contributed by atoms with Crippen LogP contribution in [-0.4, -0.2) is 23.5 Å². The molecular weight excluding hydrogens is 230 g/mol. The number of hydrogen-bond acceptors (Lipinski definition) is 2. The Morgan fingerprint density at radius 2 is 1.83 bits per heavy atom. The molecule has 1 fully saturated rings. The van der Waals surface area contributed by atoms with E-state index in [1.165, 1.54) is 0 Å². The summed E-state index contributed by atoms with van der Waals surface area (Å²) >= 11 is 0. The number of carbonyl (C=O) groups excluding carboxylic acids is 1. The van der Waals surface area contributed by atoms with Gasteiger partial charge in [0, 0.05) is 12.2 Å². The molecule has 1 aromatic rings. The van der Waals surface area contributed by atoms with Crippen molar-refractivity contribution < 1.29 is 14.7 Å². The number of rotatable bonds is 4. The van der Waals surface area contributed by atoms with Crippen molar-refractivity contribution in [2.45, 2.75) is 26.7 Å². The predicted molar refractivity (Wildman–Crippen MR) is 68.5 cm³/mol. The first-order valence-corrected chi connectivity index (χ1v) is 6.13. The Morgan fingerprint density at radius 1 is 1.28 bits per heavy atom. The second-order valence-corrected chi connectivity index (χ2v) is 4.77. The van der Waals surface area contributed by atoms with E-state index in [0.29, 0.717) is 19.4 Å². The molecule has 1 N–H and O–H groups in total. The maximum absolute atomic E-state index is 12.3.